The lowest BCUT2D eigenvalue weighted by atomic mass is 9.94. The first kappa shape index (κ1) is 21.4. The Morgan fingerprint density at radius 1 is 1.07 bits per heavy atom. The zero-order chi connectivity index (χ0) is 21.2. The predicted octanol–water partition coefficient (Wildman–Crippen LogP) is 4.53. The van der Waals surface area contributed by atoms with Gasteiger partial charge in [-0.15, -0.1) is 0 Å². The van der Waals surface area contributed by atoms with Crippen LogP contribution < -0.4 is 5.14 Å². The van der Waals surface area contributed by atoms with E-state index in [0.29, 0.717) is 18.4 Å². The molecule has 0 aliphatic carbocycles. The van der Waals surface area contributed by atoms with Gasteiger partial charge in [-0.1, -0.05) is 72.4 Å². The molecule has 0 aliphatic heterocycles. The van der Waals surface area contributed by atoms with Crippen molar-refractivity contribution in [1.82, 2.24) is 4.98 Å². The maximum Gasteiger partial charge on any atom is 0.218 e. The van der Waals surface area contributed by atoms with Crippen molar-refractivity contribution in [3.63, 3.8) is 0 Å². The number of hydrogen-bond acceptors (Lipinski definition) is 3. The highest BCUT2D eigenvalue weighted by Crippen LogP contribution is 2.33. The van der Waals surface area contributed by atoms with Crippen molar-refractivity contribution in [1.29, 1.82) is 0 Å². The van der Waals surface area contributed by atoms with E-state index in [-0.39, 0.29) is 0 Å². The lowest BCUT2D eigenvalue weighted by Gasteiger charge is -2.27. The van der Waals surface area contributed by atoms with E-state index in [1.165, 1.54) is 5.56 Å². The highest BCUT2D eigenvalue weighted by Gasteiger charge is 2.38. The standard InChI is InChI=1S/C23H26N2O2S2/c1-16-9-11-18(12-10-16)22(28)21-17(2)15-20(25-21)13-14-23(3,29(24,26)27)19-7-5-4-6-8-19/h4-12,15,25H,13-14H2,1-3H3,(H2,24,26,27). The summed E-state index contributed by atoms with van der Waals surface area (Å²) in [6.45, 7) is 5.73. The van der Waals surface area contributed by atoms with E-state index in [0.717, 1.165) is 27.4 Å². The Hall–Kier alpha value is -2.28. The van der Waals surface area contributed by atoms with Crippen LogP contribution in [0.2, 0.25) is 0 Å². The molecule has 3 N–H and O–H groups in total. The summed E-state index contributed by atoms with van der Waals surface area (Å²) in [6.07, 6.45) is 0.908. The number of nitrogens with one attached hydrogen (secondary N) is 1. The summed E-state index contributed by atoms with van der Waals surface area (Å²) in [6, 6.07) is 19.3. The van der Waals surface area contributed by atoms with Crippen LogP contribution in [0.4, 0.5) is 0 Å². The van der Waals surface area contributed by atoms with Crippen molar-refractivity contribution in [3.8, 4) is 0 Å². The Kier molecular flexibility index (Phi) is 6.08. The molecule has 0 spiro atoms. The molecule has 1 atom stereocenters. The molecule has 0 saturated heterocycles. The molecular weight excluding hydrogens is 400 g/mol. The predicted molar refractivity (Wildman–Crippen MR) is 123 cm³/mol. The maximum atomic E-state index is 12.4. The minimum atomic E-state index is -3.79. The SMILES string of the molecule is Cc1ccc(C(=S)c2[nH]c(CCC(C)(c3ccccc3)S(N)(=O)=O)cc2C)cc1. The summed E-state index contributed by atoms with van der Waals surface area (Å²) in [5.74, 6) is 0. The van der Waals surface area contributed by atoms with Gasteiger partial charge in [-0.3, -0.25) is 0 Å². The number of hydrogen-bond donors (Lipinski definition) is 2. The number of aromatic amines is 1. The molecule has 1 unspecified atom stereocenters. The molecule has 1 heterocycles. The van der Waals surface area contributed by atoms with Crippen LogP contribution in [0.5, 0.6) is 0 Å². The zero-order valence-corrected chi connectivity index (χ0v) is 18.5. The summed E-state index contributed by atoms with van der Waals surface area (Å²) >= 11 is 5.68. The summed E-state index contributed by atoms with van der Waals surface area (Å²) in [7, 11) is -3.79. The minimum Gasteiger partial charge on any atom is -0.357 e. The smallest absolute Gasteiger partial charge is 0.218 e. The molecule has 0 saturated carbocycles. The minimum absolute atomic E-state index is 0.368. The molecule has 0 bridgehead atoms. The van der Waals surface area contributed by atoms with Gasteiger partial charge in [0.05, 0.1) is 10.6 Å². The number of sulfonamides is 1. The Morgan fingerprint density at radius 3 is 2.28 bits per heavy atom. The van der Waals surface area contributed by atoms with Crippen molar-refractivity contribution in [2.24, 2.45) is 5.14 Å². The first-order valence-corrected chi connectivity index (χ1v) is 11.4. The Labute approximate surface area is 178 Å². The van der Waals surface area contributed by atoms with E-state index >= 15 is 0 Å². The Balaban J connectivity index is 1.85. The highest BCUT2D eigenvalue weighted by molar-refractivity contribution is 7.90. The summed E-state index contributed by atoms with van der Waals surface area (Å²) in [4.78, 5) is 4.15. The monoisotopic (exact) mass is 426 g/mol. The third-order valence-electron chi connectivity index (χ3n) is 5.50. The van der Waals surface area contributed by atoms with Crippen LogP contribution in [0.15, 0.2) is 60.7 Å². The van der Waals surface area contributed by atoms with Crippen molar-refractivity contribution in [3.05, 3.63) is 94.3 Å². The maximum absolute atomic E-state index is 12.4. The van der Waals surface area contributed by atoms with Crippen molar-refractivity contribution in [2.45, 2.75) is 38.4 Å². The van der Waals surface area contributed by atoms with Crippen molar-refractivity contribution in [2.75, 3.05) is 0 Å². The molecule has 0 radical (unpaired) electrons. The largest absolute Gasteiger partial charge is 0.357 e. The topological polar surface area (TPSA) is 76.0 Å². The number of H-pyrrole nitrogens is 1. The molecule has 3 rings (SSSR count). The number of aromatic nitrogens is 1. The van der Waals surface area contributed by atoms with Gasteiger partial charge in [0.15, 0.2) is 0 Å². The Morgan fingerprint density at radius 2 is 1.69 bits per heavy atom. The van der Waals surface area contributed by atoms with E-state index in [9.17, 15) is 8.42 Å². The average Bonchev–Trinajstić information content (AvgIpc) is 3.06. The third-order valence-corrected chi connectivity index (χ3v) is 7.63. The van der Waals surface area contributed by atoms with Gasteiger partial charge in [0.1, 0.15) is 4.75 Å². The van der Waals surface area contributed by atoms with Crippen LogP contribution in [0.25, 0.3) is 0 Å². The summed E-state index contributed by atoms with van der Waals surface area (Å²) < 4.78 is 23.7. The number of rotatable bonds is 7. The van der Waals surface area contributed by atoms with Crippen LogP contribution >= 0.6 is 12.2 Å². The van der Waals surface area contributed by atoms with Gasteiger partial charge >= 0.3 is 0 Å². The second-order valence-corrected chi connectivity index (χ2v) is 10.1. The fourth-order valence-electron chi connectivity index (χ4n) is 3.46. The van der Waals surface area contributed by atoms with Crippen molar-refractivity contribution >= 4 is 27.1 Å². The molecule has 2 aromatic carbocycles. The van der Waals surface area contributed by atoms with Crippen molar-refractivity contribution < 1.29 is 8.42 Å². The quantitative estimate of drug-likeness (QED) is 0.430. The first-order chi connectivity index (χ1) is 13.6. The van der Waals surface area contributed by atoms with E-state index < -0.39 is 14.8 Å². The molecule has 1 aromatic heterocycles. The second-order valence-electron chi connectivity index (χ2n) is 7.69. The van der Waals surface area contributed by atoms with Crippen LogP contribution in [0, 0.1) is 13.8 Å². The van der Waals surface area contributed by atoms with Gasteiger partial charge in [0.2, 0.25) is 10.0 Å². The lowest BCUT2D eigenvalue weighted by Crippen LogP contribution is -2.38. The molecule has 152 valence electrons. The molecule has 4 nitrogen and oxygen atoms in total. The number of benzene rings is 2. The molecule has 3 aromatic rings. The van der Waals surface area contributed by atoms with Gasteiger partial charge < -0.3 is 4.98 Å². The van der Waals surface area contributed by atoms with Crippen LogP contribution in [-0.4, -0.2) is 18.3 Å². The summed E-state index contributed by atoms with van der Waals surface area (Å²) in [5.41, 5.74) is 5.75. The van der Waals surface area contributed by atoms with Gasteiger partial charge in [0, 0.05) is 5.69 Å². The van der Waals surface area contributed by atoms with Gasteiger partial charge in [-0.05, 0) is 56.4 Å². The van der Waals surface area contributed by atoms with Gasteiger partial charge in [-0.2, -0.15) is 0 Å². The molecule has 0 fully saturated rings. The first-order valence-electron chi connectivity index (χ1n) is 9.49. The fourth-order valence-corrected chi connectivity index (χ4v) is 4.66. The molecule has 29 heavy (non-hydrogen) atoms. The van der Waals surface area contributed by atoms with Crippen LogP contribution in [0.3, 0.4) is 0 Å². The highest BCUT2D eigenvalue weighted by atomic mass is 32.2. The fraction of sp³-hybridized carbons (Fsp3) is 0.261. The van der Waals surface area contributed by atoms with Crippen LogP contribution in [-0.2, 0) is 21.2 Å². The average molecular weight is 427 g/mol. The number of aryl methyl sites for hydroxylation is 3. The summed E-state index contributed by atoms with van der Waals surface area (Å²) in [5, 5.41) is 5.62. The molecular formula is C23H26N2O2S2. The normalized spacial score (nSPS) is 13.8. The van der Waals surface area contributed by atoms with E-state index in [4.69, 9.17) is 17.4 Å². The van der Waals surface area contributed by atoms with Crippen LogP contribution in [0.1, 0.15) is 47.0 Å². The number of primary sulfonamides is 1. The Bertz CT molecular complexity index is 1120. The number of nitrogens with two attached hydrogens (primary N) is 1. The lowest BCUT2D eigenvalue weighted by molar-refractivity contribution is 0.516. The third kappa shape index (κ3) is 4.50. The van der Waals surface area contributed by atoms with Gasteiger partial charge in [-0.25, -0.2) is 13.6 Å². The van der Waals surface area contributed by atoms with Gasteiger partial charge in [0.25, 0.3) is 0 Å². The van der Waals surface area contributed by atoms with E-state index in [2.05, 4.69) is 4.98 Å². The second kappa shape index (κ2) is 8.22. The van der Waals surface area contributed by atoms with E-state index in [1.807, 2.05) is 74.5 Å². The molecule has 6 heteroatoms. The molecule has 0 aliphatic rings. The zero-order valence-electron chi connectivity index (χ0n) is 16.9. The number of thiocarbonyl (C=S) groups is 1. The molecule has 0 amide bonds. The van der Waals surface area contributed by atoms with E-state index in [1.54, 1.807) is 6.92 Å².